The zero-order valence-electron chi connectivity index (χ0n) is 14.4. The van der Waals surface area contributed by atoms with Crippen LogP contribution >= 0.6 is 0 Å². The lowest BCUT2D eigenvalue weighted by molar-refractivity contribution is -0.137. The number of carbonyl (C=O) groups is 1. The third-order valence-corrected chi connectivity index (χ3v) is 5.01. The third kappa shape index (κ3) is 2.69. The van der Waals surface area contributed by atoms with Gasteiger partial charge < -0.3 is 9.72 Å². The number of nitrogens with one attached hydrogen (secondary N) is 1. The van der Waals surface area contributed by atoms with Crippen LogP contribution in [0.1, 0.15) is 44.9 Å². The van der Waals surface area contributed by atoms with Crippen LogP contribution in [0.15, 0.2) is 30.1 Å². The Morgan fingerprint density at radius 2 is 2.28 bits per heavy atom. The normalized spacial score (nSPS) is 22.2. The lowest BCUT2D eigenvalue weighted by atomic mass is 9.93. The van der Waals surface area contributed by atoms with Crippen LogP contribution in [0.5, 0.6) is 0 Å². The van der Waals surface area contributed by atoms with E-state index in [2.05, 4.69) is 31.5 Å². The Morgan fingerprint density at radius 3 is 3.08 bits per heavy atom. The maximum atomic E-state index is 11.8. The molecule has 4 rings (SSSR count). The monoisotopic (exact) mass is 339 g/mol. The van der Waals surface area contributed by atoms with Gasteiger partial charge >= 0.3 is 5.97 Å². The Labute approximate surface area is 145 Å². The van der Waals surface area contributed by atoms with E-state index < -0.39 is 0 Å². The van der Waals surface area contributed by atoms with Crippen LogP contribution in [0.4, 0.5) is 0 Å². The van der Waals surface area contributed by atoms with Gasteiger partial charge in [-0.1, -0.05) is 18.9 Å². The molecule has 3 aromatic heterocycles. The maximum Gasteiger partial charge on any atom is 0.330 e. The predicted octanol–water partition coefficient (Wildman–Crippen LogP) is 3.00. The molecule has 0 unspecified atom stereocenters. The summed E-state index contributed by atoms with van der Waals surface area (Å²) in [6, 6.07) is 1.99. The molecule has 0 aliphatic heterocycles. The molecule has 1 aliphatic rings. The summed E-state index contributed by atoms with van der Waals surface area (Å²) in [6.45, 7) is 4.40. The van der Waals surface area contributed by atoms with Crippen molar-refractivity contribution in [2.75, 3.05) is 6.61 Å². The maximum absolute atomic E-state index is 11.8. The highest BCUT2D eigenvalue weighted by molar-refractivity contribution is 5.83. The summed E-state index contributed by atoms with van der Waals surface area (Å²) in [5.74, 6) is 1.37. The molecule has 0 amide bonds. The van der Waals surface area contributed by atoms with Crippen LogP contribution < -0.4 is 0 Å². The second kappa shape index (κ2) is 6.31. The van der Waals surface area contributed by atoms with Gasteiger partial charge in [0.05, 0.1) is 18.3 Å². The predicted molar refractivity (Wildman–Crippen MR) is 93.1 cm³/mol. The minimum absolute atomic E-state index is 0.237. The van der Waals surface area contributed by atoms with E-state index in [0.29, 0.717) is 12.5 Å². The minimum atomic E-state index is -0.253. The molecule has 0 radical (unpaired) electrons. The van der Waals surface area contributed by atoms with E-state index in [1.807, 2.05) is 19.2 Å². The standard InChI is InChI=1S/C18H21N5O2/c1-3-12-7-11(9-16(24)25-4-2)8-13(12)18-22-21-15-10-20-17-14(23(15)18)5-6-19-17/h5-6,9-10,12-13,19H,3-4,7-8H2,1-2H3/b11-9-/t12-,13+/m1/s1. The summed E-state index contributed by atoms with van der Waals surface area (Å²) in [5.41, 5.74) is 3.68. The van der Waals surface area contributed by atoms with Gasteiger partial charge in [-0.25, -0.2) is 9.78 Å². The fourth-order valence-corrected chi connectivity index (χ4v) is 3.85. The highest BCUT2D eigenvalue weighted by Crippen LogP contribution is 2.44. The van der Waals surface area contributed by atoms with Crippen LogP contribution in [-0.2, 0) is 9.53 Å². The molecule has 3 heterocycles. The number of hydrogen-bond acceptors (Lipinski definition) is 5. The molecule has 2 atom stereocenters. The first-order valence-electron chi connectivity index (χ1n) is 8.74. The average molecular weight is 339 g/mol. The smallest absolute Gasteiger partial charge is 0.330 e. The molecule has 0 aromatic carbocycles. The SMILES string of the molecule is CCOC(=O)/C=C1/C[C@@H](CC)[C@@H](c2nnc3cnc4[nH]ccc4n23)C1. The second-order valence-corrected chi connectivity index (χ2v) is 6.46. The average Bonchev–Trinajstić information content (AvgIpc) is 3.31. The van der Waals surface area contributed by atoms with Crippen molar-refractivity contribution in [3.05, 3.63) is 35.9 Å². The lowest BCUT2D eigenvalue weighted by Gasteiger charge is -2.15. The molecule has 7 heteroatoms. The second-order valence-electron chi connectivity index (χ2n) is 6.46. The first-order chi connectivity index (χ1) is 12.2. The van der Waals surface area contributed by atoms with E-state index in [-0.39, 0.29) is 11.9 Å². The molecule has 25 heavy (non-hydrogen) atoms. The van der Waals surface area contributed by atoms with Gasteiger partial charge in [-0.05, 0) is 31.7 Å². The highest BCUT2D eigenvalue weighted by Gasteiger charge is 2.34. The number of aromatic amines is 1. The summed E-state index contributed by atoms with van der Waals surface area (Å²) < 4.78 is 7.14. The van der Waals surface area contributed by atoms with Crippen molar-refractivity contribution in [2.45, 2.75) is 39.0 Å². The molecule has 1 saturated carbocycles. The van der Waals surface area contributed by atoms with Gasteiger partial charge in [-0.15, -0.1) is 10.2 Å². The Bertz CT molecular complexity index is 955. The number of esters is 1. The van der Waals surface area contributed by atoms with Crippen LogP contribution in [0.2, 0.25) is 0 Å². The summed E-state index contributed by atoms with van der Waals surface area (Å²) >= 11 is 0. The number of allylic oxidation sites excluding steroid dienone is 1. The first-order valence-corrected chi connectivity index (χ1v) is 8.74. The van der Waals surface area contributed by atoms with Crippen molar-refractivity contribution in [2.24, 2.45) is 5.92 Å². The summed E-state index contributed by atoms with van der Waals surface area (Å²) in [5, 5.41) is 8.77. The summed E-state index contributed by atoms with van der Waals surface area (Å²) in [6.07, 6.45) is 8.01. The zero-order chi connectivity index (χ0) is 17.4. The molecule has 7 nitrogen and oxygen atoms in total. The Kier molecular flexibility index (Phi) is 3.99. The van der Waals surface area contributed by atoms with Gasteiger partial charge in [0.15, 0.2) is 11.3 Å². The fourth-order valence-electron chi connectivity index (χ4n) is 3.85. The molecular formula is C18H21N5O2. The number of ether oxygens (including phenoxy) is 1. The Balaban J connectivity index is 1.74. The van der Waals surface area contributed by atoms with E-state index >= 15 is 0 Å². The number of fused-ring (bicyclic) bond motifs is 3. The van der Waals surface area contributed by atoms with Crippen molar-refractivity contribution in [1.29, 1.82) is 0 Å². The number of rotatable bonds is 4. The van der Waals surface area contributed by atoms with E-state index in [1.165, 1.54) is 0 Å². The van der Waals surface area contributed by atoms with Crippen LogP contribution in [0.25, 0.3) is 16.8 Å². The summed E-state index contributed by atoms with van der Waals surface area (Å²) in [7, 11) is 0. The number of nitrogens with zero attached hydrogens (tertiary/aromatic N) is 4. The van der Waals surface area contributed by atoms with Crippen molar-refractivity contribution >= 4 is 22.8 Å². The van der Waals surface area contributed by atoms with Gasteiger partial charge in [-0.2, -0.15) is 0 Å². The molecule has 1 N–H and O–H groups in total. The topological polar surface area (TPSA) is 85.2 Å². The fraction of sp³-hybridized carbons (Fsp3) is 0.444. The Hall–Kier alpha value is -2.70. The molecule has 3 aromatic rings. The molecule has 0 spiro atoms. The van der Waals surface area contributed by atoms with E-state index in [1.54, 1.807) is 12.3 Å². The largest absolute Gasteiger partial charge is 0.463 e. The van der Waals surface area contributed by atoms with E-state index in [0.717, 1.165) is 47.5 Å². The van der Waals surface area contributed by atoms with E-state index in [4.69, 9.17) is 4.74 Å². The van der Waals surface area contributed by atoms with Gasteiger partial charge in [0.2, 0.25) is 0 Å². The summed E-state index contributed by atoms with van der Waals surface area (Å²) in [4.78, 5) is 19.3. The first kappa shape index (κ1) is 15.8. The number of hydrogen-bond donors (Lipinski definition) is 1. The van der Waals surface area contributed by atoms with Crippen molar-refractivity contribution in [3.63, 3.8) is 0 Å². The molecule has 1 aliphatic carbocycles. The van der Waals surface area contributed by atoms with Gasteiger partial charge in [-0.3, -0.25) is 4.40 Å². The molecular weight excluding hydrogens is 318 g/mol. The molecule has 130 valence electrons. The molecule has 1 fully saturated rings. The van der Waals surface area contributed by atoms with Crippen molar-refractivity contribution in [1.82, 2.24) is 24.6 Å². The highest BCUT2D eigenvalue weighted by atomic mass is 16.5. The van der Waals surface area contributed by atoms with Gasteiger partial charge in [0.25, 0.3) is 0 Å². The van der Waals surface area contributed by atoms with E-state index in [9.17, 15) is 4.79 Å². The van der Waals surface area contributed by atoms with Crippen LogP contribution in [-0.4, -0.2) is 37.1 Å². The van der Waals surface area contributed by atoms with Gasteiger partial charge in [0, 0.05) is 18.2 Å². The van der Waals surface area contributed by atoms with Crippen molar-refractivity contribution < 1.29 is 9.53 Å². The quantitative estimate of drug-likeness (QED) is 0.583. The zero-order valence-corrected chi connectivity index (χ0v) is 14.4. The van der Waals surface area contributed by atoms with Gasteiger partial charge in [0.1, 0.15) is 5.82 Å². The Morgan fingerprint density at radius 1 is 1.40 bits per heavy atom. The molecule has 0 bridgehead atoms. The van der Waals surface area contributed by atoms with Crippen LogP contribution in [0.3, 0.4) is 0 Å². The molecule has 0 saturated heterocycles. The number of aromatic nitrogens is 5. The number of carbonyl (C=O) groups excluding carboxylic acids is 1. The lowest BCUT2D eigenvalue weighted by Crippen LogP contribution is -2.09. The van der Waals surface area contributed by atoms with Crippen molar-refractivity contribution in [3.8, 4) is 0 Å². The van der Waals surface area contributed by atoms with Crippen LogP contribution in [0, 0.1) is 5.92 Å². The third-order valence-electron chi connectivity index (χ3n) is 5.01. The number of H-pyrrole nitrogens is 1. The minimum Gasteiger partial charge on any atom is -0.463 e.